The van der Waals surface area contributed by atoms with Crippen LogP contribution in [0.15, 0.2) is 46.0 Å². The van der Waals surface area contributed by atoms with Gasteiger partial charge in [-0.1, -0.05) is 0 Å². The summed E-state index contributed by atoms with van der Waals surface area (Å²) >= 11 is 1.36. The predicted octanol–water partition coefficient (Wildman–Crippen LogP) is 3.39. The van der Waals surface area contributed by atoms with Crippen LogP contribution in [0.3, 0.4) is 0 Å². The molecular weight excluding hydrogens is 191 g/mol. The van der Waals surface area contributed by atoms with Gasteiger partial charge in [0.2, 0.25) is 0 Å². The third kappa shape index (κ3) is 3.74. The van der Waals surface area contributed by atoms with Crippen molar-refractivity contribution in [2.75, 3.05) is 0 Å². The van der Waals surface area contributed by atoms with E-state index in [1.54, 1.807) is 0 Å². The van der Waals surface area contributed by atoms with E-state index in [4.69, 9.17) is 0 Å². The molecule has 0 heterocycles. The molecule has 1 aliphatic carbocycles. The fraction of sp³-hybridized carbons (Fsp3) is 0.273. The molecule has 0 nitrogen and oxygen atoms in total. The molecule has 0 saturated heterocycles. The van der Waals surface area contributed by atoms with Gasteiger partial charge in [-0.05, 0) is 0 Å². The van der Waals surface area contributed by atoms with Crippen LogP contribution >= 0.6 is 0 Å². The van der Waals surface area contributed by atoms with Gasteiger partial charge < -0.3 is 0 Å². The quantitative estimate of drug-likeness (QED) is 0.617. The van der Waals surface area contributed by atoms with Crippen molar-refractivity contribution in [3.63, 3.8) is 0 Å². The van der Waals surface area contributed by atoms with E-state index in [-0.39, 0.29) is 0 Å². The van der Waals surface area contributed by atoms with Gasteiger partial charge in [-0.2, -0.15) is 0 Å². The van der Waals surface area contributed by atoms with E-state index in [2.05, 4.69) is 48.4 Å². The van der Waals surface area contributed by atoms with Crippen LogP contribution in [0.2, 0.25) is 0 Å². The topological polar surface area (TPSA) is 0 Å². The van der Waals surface area contributed by atoms with Gasteiger partial charge in [0.15, 0.2) is 0 Å². The summed E-state index contributed by atoms with van der Waals surface area (Å²) in [5.74, 6) is 0. The molecule has 12 heavy (non-hydrogen) atoms. The molecule has 67 valence electrons. The minimum atomic E-state index is 1.12. The zero-order valence-electron chi connectivity index (χ0n) is 7.29. The molecule has 0 aromatic carbocycles. The van der Waals surface area contributed by atoms with E-state index in [1.807, 2.05) is 0 Å². The Morgan fingerprint density at radius 1 is 1.50 bits per heavy atom. The standard InChI is InChI=1S/C6H9.C5H5.Co/c1-3-5-6-4-2;1-2-4-5-3-1;/h1,3,5-6H,4H2,2H3;1-3H,4H2;/b3-1?,6-5+;;. The summed E-state index contributed by atoms with van der Waals surface area (Å²) in [6, 6.07) is 0. The molecule has 0 aliphatic heterocycles. The SMILES string of the molecule is CC/C=C/C=[CH]/[Co][C]1=CC=CC1. The zero-order chi connectivity index (χ0) is 8.65. The Balaban J connectivity index is 2.17. The third-order valence-electron chi connectivity index (χ3n) is 1.44. The molecule has 1 aliphatic rings. The Hall–Kier alpha value is -0.534. The second-order valence-corrected chi connectivity index (χ2v) is 3.77. The summed E-state index contributed by atoms with van der Waals surface area (Å²) in [6.07, 6.45) is 15.1. The first kappa shape index (κ1) is 9.55. The van der Waals surface area contributed by atoms with E-state index >= 15 is 0 Å². The average molecular weight is 205 g/mol. The first-order valence-electron chi connectivity index (χ1n) is 4.19. The molecule has 0 amide bonds. The molecule has 0 unspecified atom stereocenters. The molecule has 0 fully saturated rings. The summed E-state index contributed by atoms with van der Waals surface area (Å²) in [5, 5.41) is 2.18. The maximum absolute atomic E-state index is 2.19. The van der Waals surface area contributed by atoms with Crippen molar-refractivity contribution in [2.24, 2.45) is 0 Å². The van der Waals surface area contributed by atoms with Gasteiger partial charge in [0.25, 0.3) is 0 Å². The number of hydrogen-bond acceptors (Lipinski definition) is 0. The van der Waals surface area contributed by atoms with Crippen molar-refractivity contribution in [2.45, 2.75) is 19.8 Å². The Labute approximate surface area is 80.7 Å². The number of allylic oxidation sites excluding steroid dienone is 7. The van der Waals surface area contributed by atoms with Crippen molar-refractivity contribution >= 4 is 0 Å². The molecule has 0 bridgehead atoms. The van der Waals surface area contributed by atoms with E-state index in [0.717, 1.165) is 12.8 Å². The van der Waals surface area contributed by atoms with E-state index in [1.165, 1.54) is 19.2 Å². The first-order chi connectivity index (χ1) is 5.93. The van der Waals surface area contributed by atoms with Crippen LogP contribution in [0.5, 0.6) is 0 Å². The number of hydrogen-bond donors (Lipinski definition) is 0. The fourth-order valence-corrected chi connectivity index (χ4v) is 1.72. The molecule has 0 aromatic heterocycles. The van der Waals surface area contributed by atoms with Gasteiger partial charge >= 0.3 is 80.4 Å². The Kier molecular flexibility index (Phi) is 4.80. The first-order valence-corrected chi connectivity index (χ1v) is 5.31. The maximum atomic E-state index is 2.19. The zero-order valence-corrected chi connectivity index (χ0v) is 8.33. The molecule has 1 rings (SSSR count). The second-order valence-electron chi connectivity index (χ2n) is 2.45. The molecule has 0 aromatic rings. The minimum absolute atomic E-state index is 1.12. The summed E-state index contributed by atoms with van der Waals surface area (Å²) < 4.78 is 1.48. The second kappa shape index (κ2) is 6.04. The summed E-state index contributed by atoms with van der Waals surface area (Å²) in [6.45, 7) is 2.14. The van der Waals surface area contributed by atoms with Gasteiger partial charge in [-0.25, -0.2) is 0 Å². The third-order valence-corrected chi connectivity index (χ3v) is 2.58. The van der Waals surface area contributed by atoms with Gasteiger partial charge in [0.05, 0.1) is 0 Å². The van der Waals surface area contributed by atoms with Crippen LogP contribution in [-0.2, 0) is 14.7 Å². The van der Waals surface area contributed by atoms with Crippen LogP contribution in [0.25, 0.3) is 0 Å². The van der Waals surface area contributed by atoms with Crippen molar-refractivity contribution in [3.8, 4) is 0 Å². The van der Waals surface area contributed by atoms with E-state index in [9.17, 15) is 0 Å². The van der Waals surface area contributed by atoms with Crippen LogP contribution in [0.4, 0.5) is 0 Å². The van der Waals surface area contributed by atoms with Crippen LogP contribution in [0.1, 0.15) is 19.8 Å². The normalized spacial score (nSPS) is 16.9. The molecule has 0 radical (unpaired) electrons. The predicted molar refractivity (Wildman–Crippen MR) is 50.4 cm³/mol. The Morgan fingerprint density at radius 2 is 2.42 bits per heavy atom. The Bertz CT molecular complexity index is 231. The van der Waals surface area contributed by atoms with Gasteiger partial charge in [0.1, 0.15) is 0 Å². The molecule has 0 N–H and O–H groups in total. The summed E-state index contributed by atoms with van der Waals surface area (Å²) in [4.78, 5) is 0. The van der Waals surface area contributed by atoms with E-state index in [0.29, 0.717) is 0 Å². The van der Waals surface area contributed by atoms with Crippen LogP contribution in [-0.4, -0.2) is 0 Å². The molecule has 0 saturated carbocycles. The van der Waals surface area contributed by atoms with Crippen molar-refractivity contribution in [1.82, 2.24) is 0 Å². The molecule has 0 atom stereocenters. The molecular formula is C11H14Co. The van der Waals surface area contributed by atoms with E-state index < -0.39 is 0 Å². The van der Waals surface area contributed by atoms with Crippen LogP contribution in [0, 0.1) is 0 Å². The van der Waals surface area contributed by atoms with Crippen LogP contribution < -0.4 is 0 Å². The monoisotopic (exact) mass is 205 g/mol. The fourth-order valence-electron chi connectivity index (χ4n) is 0.838. The number of rotatable bonds is 4. The summed E-state index contributed by atoms with van der Waals surface area (Å²) in [7, 11) is 0. The average Bonchev–Trinajstić information content (AvgIpc) is 2.57. The van der Waals surface area contributed by atoms with Crippen molar-refractivity contribution in [1.29, 1.82) is 0 Å². The Morgan fingerprint density at radius 3 is 3.08 bits per heavy atom. The van der Waals surface area contributed by atoms with Gasteiger partial charge in [-0.15, -0.1) is 0 Å². The molecule has 0 spiro atoms. The summed E-state index contributed by atoms with van der Waals surface area (Å²) in [5.41, 5.74) is 0. The van der Waals surface area contributed by atoms with Gasteiger partial charge in [-0.3, -0.25) is 0 Å². The van der Waals surface area contributed by atoms with Gasteiger partial charge in [0, 0.05) is 0 Å². The van der Waals surface area contributed by atoms with Crippen molar-refractivity contribution < 1.29 is 14.7 Å². The van der Waals surface area contributed by atoms with Crippen molar-refractivity contribution in [3.05, 3.63) is 46.0 Å². The molecule has 1 heteroatoms.